The van der Waals surface area contributed by atoms with E-state index < -0.39 is 17.4 Å². The van der Waals surface area contributed by atoms with Gasteiger partial charge in [0.15, 0.2) is 0 Å². The molecule has 1 saturated carbocycles. The fraction of sp³-hybridized carbons (Fsp3) is 0.385. The number of benzene rings is 1. The van der Waals surface area contributed by atoms with Crippen molar-refractivity contribution in [3.8, 4) is 5.75 Å². The molecule has 0 aromatic heterocycles. The molecule has 1 atom stereocenters. The van der Waals surface area contributed by atoms with Gasteiger partial charge in [-0.15, -0.1) is 0 Å². The van der Waals surface area contributed by atoms with E-state index in [2.05, 4.69) is 21.2 Å². The first kappa shape index (κ1) is 12.5. The molecule has 2 N–H and O–H groups in total. The van der Waals surface area contributed by atoms with Crippen LogP contribution in [0.25, 0.3) is 0 Å². The van der Waals surface area contributed by atoms with Crippen molar-refractivity contribution in [3.63, 3.8) is 0 Å². The van der Waals surface area contributed by atoms with E-state index in [4.69, 9.17) is 9.84 Å². The van der Waals surface area contributed by atoms with Crippen LogP contribution in [0, 0.1) is 0 Å². The van der Waals surface area contributed by atoms with Crippen LogP contribution in [0.3, 0.4) is 0 Å². The van der Waals surface area contributed by atoms with E-state index >= 15 is 0 Å². The maximum absolute atomic E-state index is 12.2. The Balaban J connectivity index is 1.80. The lowest BCUT2D eigenvalue weighted by Crippen LogP contribution is -2.45. The van der Waals surface area contributed by atoms with Crippen molar-refractivity contribution in [2.24, 2.45) is 0 Å². The van der Waals surface area contributed by atoms with Crippen molar-refractivity contribution >= 4 is 27.8 Å². The molecule has 1 aliphatic heterocycles. The molecule has 0 spiro atoms. The third-order valence-corrected chi connectivity index (χ3v) is 4.08. The Kier molecular flexibility index (Phi) is 2.78. The molecule has 5 nitrogen and oxygen atoms in total. The summed E-state index contributed by atoms with van der Waals surface area (Å²) < 4.78 is 6.32. The summed E-state index contributed by atoms with van der Waals surface area (Å²) in [6.45, 7) is 0.257. The number of ether oxygens (including phenoxy) is 1. The van der Waals surface area contributed by atoms with Gasteiger partial charge in [-0.3, -0.25) is 4.79 Å². The number of carbonyl (C=O) groups is 2. The number of nitrogens with one attached hydrogen (secondary N) is 1. The number of carboxylic acid groups (broad SMARTS) is 1. The number of fused-ring (bicyclic) bond motifs is 1. The number of hydrogen-bond donors (Lipinski definition) is 2. The third-order valence-electron chi connectivity index (χ3n) is 3.59. The van der Waals surface area contributed by atoms with Crippen LogP contribution in [-0.2, 0) is 9.59 Å². The highest BCUT2D eigenvalue weighted by molar-refractivity contribution is 9.10. The van der Waals surface area contributed by atoms with Gasteiger partial charge in [-0.2, -0.15) is 0 Å². The summed E-state index contributed by atoms with van der Waals surface area (Å²) in [5.74, 6) is -1.00. The minimum absolute atomic E-state index is 0.257. The SMILES string of the molecule is O=C(NC1(C(=O)O)CC1)C1COc2ccc(Br)cc21. The second-order valence-corrected chi connectivity index (χ2v) is 5.84. The minimum atomic E-state index is -1.05. The largest absolute Gasteiger partial charge is 0.492 e. The van der Waals surface area contributed by atoms with Gasteiger partial charge in [0.05, 0.1) is 0 Å². The highest BCUT2D eigenvalue weighted by atomic mass is 79.9. The molecule has 0 bridgehead atoms. The molecular formula is C13H12BrNO4. The number of rotatable bonds is 3. The van der Waals surface area contributed by atoms with Crippen molar-refractivity contribution in [3.05, 3.63) is 28.2 Å². The molecule has 1 aliphatic carbocycles. The number of amides is 1. The maximum atomic E-state index is 12.2. The van der Waals surface area contributed by atoms with E-state index in [9.17, 15) is 9.59 Å². The van der Waals surface area contributed by atoms with E-state index in [0.29, 0.717) is 18.6 Å². The fourth-order valence-corrected chi connectivity index (χ4v) is 2.62. The van der Waals surface area contributed by atoms with Gasteiger partial charge in [-0.1, -0.05) is 15.9 Å². The molecule has 100 valence electrons. The second-order valence-electron chi connectivity index (χ2n) is 4.92. The van der Waals surface area contributed by atoms with E-state index in [1.807, 2.05) is 12.1 Å². The normalized spacial score (nSPS) is 22.3. The number of aliphatic carboxylic acids is 1. The lowest BCUT2D eigenvalue weighted by atomic mass is 10.00. The van der Waals surface area contributed by atoms with Gasteiger partial charge in [0.1, 0.15) is 23.8 Å². The maximum Gasteiger partial charge on any atom is 0.329 e. The zero-order valence-electron chi connectivity index (χ0n) is 9.98. The van der Waals surface area contributed by atoms with Crippen molar-refractivity contribution < 1.29 is 19.4 Å². The lowest BCUT2D eigenvalue weighted by molar-refractivity contribution is -0.143. The minimum Gasteiger partial charge on any atom is -0.492 e. The van der Waals surface area contributed by atoms with Crippen molar-refractivity contribution in [2.45, 2.75) is 24.3 Å². The molecule has 6 heteroatoms. The fourth-order valence-electron chi connectivity index (χ4n) is 2.24. The monoisotopic (exact) mass is 325 g/mol. The second kappa shape index (κ2) is 4.23. The van der Waals surface area contributed by atoms with Crippen LogP contribution in [0.5, 0.6) is 5.75 Å². The Hall–Kier alpha value is -1.56. The molecule has 2 aliphatic rings. The summed E-state index contributed by atoms with van der Waals surface area (Å²) in [5.41, 5.74) is -0.251. The smallest absolute Gasteiger partial charge is 0.329 e. The van der Waals surface area contributed by atoms with Gasteiger partial charge in [0, 0.05) is 10.0 Å². The molecule has 1 fully saturated rings. The van der Waals surface area contributed by atoms with Crippen LogP contribution in [0.1, 0.15) is 24.3 Å². The number of hydrogen-bond acceptors (Lipinski definition) is 3. The van der Waals surface area contributed by atoms with Crippen LogP contribution in [0.2, 0.25) is 0 Å². The topological polar surface area (TPSA) is 75.6 Å². The molecule has 0 radical (unpaired) electrons. The highest BCUT2D eigenvalue weighted by Crippen LogP contribution is 2.39. The van der Waals surface area contributed by atoms with Gasteiger partial charge >= 0.3 is 5.97 Å². The molecule has 1 heterocycles. The quantitative estimate of drug-likeness (QED) is 0.886. The van der Waals surface area contributed by atoms with Crippen molar-refractivity contribution in [1.82, 2.24) is 5.32 Å². The average molecular weight is 326 g/mol. The van der Waals surface area contributed by atoms with Crippen LogP contribution in [0.15, 0.2) is 22.7 Å². The van der Waals surface area contributed by atoms with E-state index in [1.54, 1.807) is 6.07 Å². The molecule has 3 rings (SSSR count). The molecule has 19 heavy (non-hydrogen) atoms. The van der Waals surface area contributed by atoms with E-state index in [1.165, 1.54) is 0 Å². The van der Waals surface area contributed by atoms with E-state index in [-0.39, 0.29) is 12.5 Å². The first-order valence-corrected chi connectivity index (χ1v) is 6.79. The first-order chi connectivity index (χ1) is 9.02. The average Bonchev–Trinajstić information content (AvgIpc) is 3.02. The molecule has 1 amide bonds. The van der Waals surface area contributed by atoms with Crippen molar-refractivity contribution in [1.29, 1.82) is 0 Å². The first-order valence-electron chi connectivity index (χ1n) is 5.99. The van der Waals surface area contributed by atoms with E-state index in [0.717, 1.165) is 10.0 Å². The summed E-state index contributed by atoms with van der Waals surface area (Å²) in [6.07, 6.45) is 0.986. The number of halogens is 1. The zero-order valence-corrected chi connectivity index (χ0v) is 11.6. The van der Waals surface area contributed by atoms with Crippen LogP contribution < -0.4 is 10.1 Å². The summed E-state index contributed by atoms with van der Waals surface area (Å²) in [5, 5.41) is 11.7. The predicted molar refractivity (Wildman–Crippen MR) is 70.1 cm³/mol. The Morgan fingerprint density at radius 2 is 2.16 bits per heavy atom. The summed E-state index contributed by atoms with van der Waals surface area (Å²) in [7, 11) is 0. The van der Waals surface area contributed by atoms with Gasteiger partial charge in [-0.25, -0.2) is 4.79 Å². The third kappa shape index (κ3) is 2.10. The van der Waals surface area contributed by atoms with Gasteiger partial charge in [0.2, 0.25) is 5.91 Å². The summed E-state index contributed by atoms with van der Waals surface area (Å²) in [6, 6.07) is 5.49. The molecule has 1 unspecified atom stereocenters. The lowest BCUT2D eigenvalue weighted by Gasteiger charge is -2.15. The Morgan fingerprint density at radius 3 is 2.79 bits per heavy atom. The Labute approximate surface area is 118 Å². The van der Waals surface area contributed by atoms with Crippen molar-refractivity contribution in [2.75, 3.05) is 6.61 Å². The summed E-state index contributed by atoms with van der Waals surface area (Å²) in [4.78, 5) is 23.3. The van der Waals surface area contributed by atoms with Crippen LogP contribution >= 0.6 is 15.9 Å². The Morgan fingerprint density at radius 1 is 1.42 bits per heavy atom. The predicted octanol–water partition coefficient (Wildman–Crippen LogP) is 1.66. The van der Waals surface area contributed by atoms with Gasteiger partial charge in [-0.05, 0) is 31.0 Å². The molecule has 0 saturated heterocycles. The highest BCUT2D eigenvalue weighted by Gasteiger charge is 2.52. The number of carboxylic acids is 1. The van der Waals surface area contributed by atoms with Crippen LogP contribution in [0.4, 0.5) is 0 Å². The molecular weight excluding hydrogens is 314 g/mol. The standard InChI is InChI=1S/C13H12BrNO4/c14-7-1-2-10-8(5-7)9(6-19-10)11(16)15-13(3-4-13)12(17)18/h1-2,5,9H,3-4,6H2,(H,15,16)(H,17,18). The molecule has 1 aromatic carbocycles. The number of carbonyl (C=O) groups excluding carboxylic acids is 1. The zero-order chi connectivity index (χ0) is 13.6. The van der Waals surface area contributed by atoms with Gasteiger partial charge in [0.25, 0.3) is 0 Å². The molecule has 1 aromatic rings. The summed E-state index contributed by atoms with van der Waals surface area (Å²) >= 11 is 3.36. The Bertz CT molecular complexity index is 568. The van der Waals surface area contributed by atoms with Crippen LogP contribution in [-0.4, -0.2) is 29.1 Å². The van der Waals surface area contributed by atoms with Gasteiger partial charge < -0.3 is 15.2 Å².